The summed E-state index contributed by atoms with van der Waals surface area (Å²) in [6.07, 6.45) is -7.22. The van der Waals surface area contributed by atoms with Crippen molar-refractivity contribution >= 4 is 5.91 Å². The van der Waals surface area contributed by atoms with E-state index in [1.165, 1.54) is 12.5 Å². The number of hydrogen-bond donors (Lipinski definition) is 1. The number of nitrogens with zero attached hydrogens (tertiary/aromatic N) is 2. The first-order valence-corrected chi connectivity index (χ1v) is 15.8. The van der Waals surface area contributed by atoms with E-state index in [4.69, 9.17) is 0 Å². The first-order chi connectivity index (χ1) is 21.6. The van der Waals surface area contributed by atoms with Gasteiger partial charge in [0.1, 0.15) is 0 Å². The summed E-state index contributed by atoms with van der Waals surface area (Å²) in [6.45, 7) is 9.52. The van der Waals surface area contributed by atoms with Gasteiger partial charge in [0, 0.05) is 37.8 Å². The van der Waals surface area contributed by atoms with E-state index in [0.29, 0.717) is 25.0 Å². The lowest BCUT2D eigenvalue weighted by atomic mass is 9.73. The van der Waals surface area contributed by atoms with Gasteiger partial charge in [-0.2, -0.15) is 26.3 Å². The first kappa shape index (κ1) is 34.0. The summed E-state index contributed by atoms with van der Waals surface area (Å²) in [5, 5.41) is 3.11. The van der Waals surface area contributed by atoms with Crippen LogP contribution >= 0.6 is 0 Å². The molecular formula is C36H41F6N3O. The molecule has 0 bridgehead atoms. The van der Waals surface area contributed by atoms with Crippen LogP contribution in [0.1, 0.15) is 80.2 Å². The minimum Gasteiger partial charge on any atom is -0.346 e. The van der Waals surface area contributed by atoms with Crippen molar-refractivity contribution in [2.45, 2.75) is 88.4 Å². The van der Waals surface area contributed by atoms with Crippen LogP contribution in [0.15, 0.2) is 78.9 Å². The van der Waals surface area contributed by atoms with Crippen molar-refractivity contribution in [2.75, 3.05) is 19.6 Å². The molecule has 1 atom stereocenters. The normalized spacial score (nSPS) is 23.5. The molecule has 46 heavy (non-hydrogen) atoms. The van der Waals surface area contributed by atoms with Crippen LogP contribution in [0.5, 0.6) is 0 Å². The molecular weight excluding hydrogens is 604 g/mol. The molecule has 10 heteroatoms. The highest BCUT2D eigenvalue weighted by Crippen LogP contribution is 2.42. The Balaban J connectivity index is 1.33. The van der Waals surface area contributed by atoms with Crippen molar-refractivity contribution in [2.24, 2.45) is 0 Å². The predicted octanol–water partition coefficient (Wildman–Crippen LogP) is 8.38. The largest absolute Gasteiger partial charge is 0.416 e. The SMILES string of the molecule is CC(C(=O)NC1(c2ccccc2)CCC(N2CCN(Cc3ccccc3)CC2(C)C)CC1)c1cc(C(F)(F)F)cc(C(F)(F)F)c1. The van der Waals surface area contributed by atoms with E-state index >= 15 is 0 Å². The fourth-order valence-electron chi connectivity index (χ4n) is 7.30. The standard InChI is InChI=1S/C36H41F6N3O/c1-25(27-20-29(35(37,38)39)22-30(21-27)36(40,41)42)32(46)43-34(28-12-8-5-9-13-28)16-14-31(15-17-34)45-19-18-44(24-33(45,2)3)23-26-10-6-4-7-11-26/h4-13,20-22,25,31H,14-19,23-24H2,1-3H3,(H,43,46). The Morgan fingerprint density at radius 1 is 0.848 bits per heavy atom. The summed E-state index contributed by atoms with van der Waals surface area (Å²) in [5.41, 5.74) is -1.91. The van der Waals surface area contributed by atoms with Gasteiger partial charge in [-0.25, -0.2) is 0 Å². The lowest BCUT2D eigenvalue weighted by molar-refractivity contribution is -0.143. The Hall–Kier alpha value is -3.37. The second kappa shape index (κ2) is 13.0. The molecule has 0 radical (unpaired) electrons. The number of nitrogens with one attached hydrogen (secondary N) is 1. The maximum Gasteiger partial charge on any atom is 0.416 e. The predicted molar refractivity (Wildman–Crippen MR) is 166 cm³/mol. The molecule has 1 saturated carbocycles. The van der Waals surface area contributed by atoms with Gasteiger partial charge in [0.15, 0.2) is 0 Å². The van der Waals surface area contributed by atoms with Crippen LogP contribution in [-0.2, 0) is 29.2 Å². The van der Waals surface area contributed by atoms with Crippen molar-refractivity contribution in [3.8, 4) is 0 Å². The van der Waals surface area contributed by atoms with E-state index in [0.717, 1.165) is 44.6 Å². The Morgan fingerprint density at radius 2 is 1.39 bits per heavy atom. The van der Waals surface area contributed by atoms with Gasteiger partial charge in [0.25, 0.3) is 0 Å². The smallest absolute Gasteiger partial charge is 0.346 e. The minimum absolute atomic E-state index is 0.0815. The van der Waals surface area contributed by atoms with E-state index in [1.807, 2.05) is 36.4 Å². The zero-order valence-electron chi connectivity index (χ0n) is 26.4. The fourth-order valence-corrected chi connectivity index (χ4v) is 7.30. The Kier molecular flexibility index (Phi) is 9.62. The second-order valence-corrected chi connectivity index (χ2v) is 13.4. The molecule has 0 aromatic heterocycles. The lowest BCUT2D eigenvalue weighted by Crippen LogP contribution is -2.63. The maximum absolute atomic E-state index is 13.7. The molecule has 2 aliphatic rings. The van der Waals surface area contributed by atoms with Crippen molar-refractivity contribution < 1.29 is 31.1 Å². The Bertz CT molecular complexity index is 1450. The summed E-state index contributed by atoms with van der Waals surface area (Å²) in [4.78, 5) is 18.7. The second-order valence-electron chi connectivity index (χ2n) is 13.4. The monoisotopic (exact) mass is 645 g/mol. The molecule has 4 nitrogen and oxygen atoms in total. The molecule has 1 aliphatic carbocycles. The number of piperazine rings is 1. The van der Waals surface area contributed by atoms with Crippen molar-refractivity contribution in [1.82, 2.24) is 15.1 Å². The van der Waals surface area contributed by atoms with E-state index in [2.05, 4.69) is 53.2 Å². The Labute approximate surface area is 266 Å². The average Bonchev–Trinajstić information content (AvgIpc) is 3.01. The van der Waals surface area contributed by atoms with Gasteiger partial charge in [-0.1, -0.05) is 60.7 Å². The minimum atomic E-state index is -4.99. The number of carbonyl (C=O) groups excluding carboxylic acids is 1. The van der Waals surface area contributed by atoms with Crippen molar-refractivity contribution in [1.29, 1.82) is 0 Å². The van der Waals surface area contributed by atoms with Gasteiger partial charge >= 0.3 is 12.4 Å². The first-order valence-electron chi connectivity index (χ1n) is 15.8. The van der Waals surface area contributed by atoms with Gasteiger partial charge in [0.05, 0.1) is 22.6 Å². The number of amides is 1. The zero-order valence-corrected chi connectivity index (χ0v) is 26.4. The van der Waals surface area contributed by atoms with E-state index in [9.17, 15) is 31.1 Å². The molecule has 0 spiro atoms. The number of halogens is 6. The molecule has 248 valence electrons. The third kappa shape index (κ3) is 7.60. The quantitative estimate of drug-likeness (QED) is 0.262. The average molecular weight is 646 g/mol. The van der Waals surface area contributed by atoms with Crippen LogP contribution in [-0.4, -0.2) is 46.9 Å². The van der Waals surface area contributed by atoms with Gasteiger partial charge in [-0.05, 0) is 81.3 Å². The molecule has 1 heterocycles. The summed E-state index contributed by atoms with van der Waals surface area (Å²) < 4.78 is 81.3. The number of benzene rings is 3. The maximum atomic E-state index is 13.7. The van der Waals surface area contributed by atoms with E-state index < -0.39 is 40.8 Å². The third-order valence-electron chi connectivity index (χ3n) is 9.74. The highest BCUT2D eigenvalue weighted by molar-refractivity contribution is 5.84. The van der Waals surface area contributed by atoms with Crippen LogP contribution in [0.3, 0.4) is 0 Å². The van der Waals surface area contributed by atoms with Crippen LogP contribution < -0.4 is 5.32 Å². The molecule has 1 N–H and O–H groups in total. The van der Waals surface area contributed by atoms with Gasteiger partial charge in [0.2, 0.25) is 5.91 Å². The molecule has 1 saturated heterocycles. The molecule has 5 rings (SSSR count). The zero-order chi connectivity index (χ0) is 33.3. The fraction of sp³-hybridized carbons (Fsp3) is 0.472. The summed E-state index contributed by atoms with van der Waals surface area (Å²) in [5.74, 6) is -1.84. The summed E-state index contributed by atoms with van der Waals surface area (Å²) >= 11 is 0. The molecule has 3 aromatic rings. The molecule has 3 aromatic carbocycles. The molecule has 2 fully saturated rings. The van der Waals surface area contributed by atoms with Crippen molar-refractivity contribution in [3.63, 3.8) is 0 Å². The summed E-state index contributed by atoms with van der Waals surface area (Å²) in [6, 6.07) is 21.5. The van der Waals surface area contributed by atoms with Crippen LogP contribution in [0, 0.1) is 0 Å². The van der Waals surface area contributed by atoms with Crippen LogP contribution in [0.2, 0.25) is 0 Å². The van der Waals surface area contributed by atoms with Gasteiger partial charge in [-0.15, -0.1) is 0 Å². The van der Waals surface area contributed by atoms with Crippen LogP contribution in [0.4, 0.5) is 26.3 Å². The number of alkyl halides is 6. The lowest BCUT2D eigenvalue weighted by Gasteiger charge is -2.53. The number of hydrogen-bond acceptors (Lipinski definition) is 3. The number of carbonyl (C=O) groups is 1. The Morgan fingerprint density at radius 3 is 1.91 bits per heavy atom. The van der Waals surface area contributed by atoms with Crippen LogP contribution in [0.25, 0.3) is 0 Å². The number of rotatable bonds is 7. The topological polar surface area (TPSA) is 35.6 Å². The van der Waals surface area contributed by atoms with Gasteiger partial charge in [-0.3, -0.25) is 14.6 Å². The highest BCUT2D eigenvalue weighted by Gasteiger charge is 2.45. The van der Waals surface area contributed by atoms with E-state index in [1.54, 1.807) is 0 Å². The summed E-state index contributed by atoms with van der Waals surface area (Å²) in [7, 11) is 0. The van der Waals surface area contributed by atoms with Gasteiger partial charge < -0.3 is 5.32 Å². The molecule has 1 unspecified atom stereocenters. The molecule has 1 amide bonds. The van der Waals surface area contributed by atoms with E-state index in [-0.39, 0.29) is 23.2 Å². The third-order valence-corrected chi connectivity index (χ3v) is 9.74. The highest BCUT2D eigenvalue weighted by atomic mass is 19.4. The van der Waals surface area contributed by atoms with Crippen molar-refractivity contribution in [3.05, 3.63) is 107 Å². The molecule has 1 aliphatic heterocycles.